The van der Waals surface area contributed by atoms with Crippen LogP contribution >= 0.6 is 11.6 Å². The Kier molecular flexibility index (Phi) is 4.14. The molecule has 1 aliphatic rings. The van der Waals surface area contributed by atoms with Crippen LogP contribution < -0.4 is 0 Å². The average molecular weight is 393 g/mol. The van der Waals surface area contributed by atoms with Gasteiger partial charge in [0, 0.05) is 16.0 Å². The molecule has 140 valence electrons. The Labute approximate surface area is 158 Å². The fourth-order valence-corrected chi connectivity index (χ4v) is 3.54. The van der Waals surface area contributed by atoms with Crippen LogP contribution in [-0.2, 0) is 17.3 Å². The van der Waals surface area contributed by atoms with Crippen LogP contribution in [0.15, 0.2) is 30.5 Å². The molecule has 3 aromatic rings. The molecule has 0 atom stereocenters. The van der Waals surface area contributed by atoms with Crippen LogP contribution in [0.3, 0.4) is 0 Å². The number of hydrogen-bond donors (Lipinski definition) is 0. The Bertz CT molecular complexity index is 1060. The summed E-state index contributed by atoms with van der Waals surface area (Å²) in [5.74, 6) is -5.40. The largest absolute Gasteiger partial charge is 0.591 e. The van der Waals surface area contributed by atoms with Crippen LogP contribution in [0.5, 0.6) is 0 Å². The summed E-state index contributed by atoms with van der Waals surface area (Å²) in [5.41, 5.74) is 2.91. The Morgan fingerprint density at radius 2 is 2.15 bits per heavy atom. The Hall–Kier alpha value is -2.54. The van der Waals surface area contributed by atoms with Crippen LogP contribution in [0, 0.1) is 6.92 Å². The summed E-state index contributed by atoms with van der Waals surface area (Å²) in [6, 6.07) is 6.93. The second-order valence-electron chi connectivity index (χ2n) is 6.82. The van der Waals surface area contributed by atoms with Gasteiger partial charge in [-0.2, -0.15) is 13.9 Å². The summed E-state index contributed by atoms with van der Waals surface area (Å²) in [6.45, 7) is 2.06. The molecule has 0 saturated heterocycles. The third-order valence-electron chi connectivity index (χ3n) is 4.89. The number of halogens is 3. The zero-order valence-corrected chi connectivity index (χ0v) is 15.2. The number of aryl methyl sites for hydroxylation is 1. The molecule has 27 heavy (non-hydrogen) atoms. The lowest BCUT2D eigenvalue weighted by Gasteiger charge is -2.12. The van der Waals surface area contributed by atoms with E-state index in [1.165, 1.54) is 6.07 Å². The zero-order chi connectivity index (χ0) is 19.3. The molecule has 1 saturated carbocycles. The van der Waals surface area contributed by atoms with Crippen LogP contribution in [-0.4, -0.2) is 25.8 Å². The molecule has 1 aromatic carbocycles. The molecule has 1 fully saturated rings. The first-order valence-electron chi connectivity index (χ1n) is 8.54. The SMILES string of the molecule is Cc1nn(Cc2c(Cl)cccc2C2CC2)c2cc(C(F)(F)C(=O)[OH2+])cnc12. The minimum absolute atomic E-state index is 0.321. The molecule has 0 aliphatic heterocycles. The summed E-state index contributed by atoms with van der Waals surface area (Å²) in [7, 11) is 0. The predicted octanol–water partition coefficient (Wildman–Crippen LogP) is 3.66. The van der Waals surface area contributed by atoms with Crippen molar-refractivity contribution >= 4 is 28.6 Å². The van der Waals surface area contributed by atoms with Crippen molar-refractivity contribution < 1.29 is 18.7 Å². The van der Waals surface area contributed by atoms with Crippen LogP contribution in [0.1, 0.15) is 41.1 Å². The number of benzene rings is 1. The normalized spacial score (nSPS) is 14.7. The number of carbonyl (C=O) groups excluding carboxylic acids is 1. The van der Waals surface area contributed by atoms with Crippen molar-refractivity contribution in [1.82, 2.24) is 14.8 Å². The number of fused-ring (bicyclic) bond motifs is 1. The Morgan fingerprint density at radius 3 is 2.81 bits per heavy atom. The molecule has 4 rings (SSSR count). The average Bonchev–Trinajstić information content (AvgIpc) is 3.42. The molecular weight excluding hydrogens is 376 g/mol. The first-order valence-corrected chi connectivity index (χ1v) is 8.91. The minimum Gasteiger partial charge on any atom is -0.560 e. The highest BCUT2D eigenvalue weighted by Crippen LogP contribution is 2.43. The van der Waals surface area contributed by atoms with Crippen LogP contribution in [0.4, 0.5) is 8.78 Å². The third kappa shape index (κ3) is 3.06. The molecule has 0 amide bonds. The number of nitrogens with zero attached hydrogens (tertiary/aromatic N) is 3. The van der Waals surface area contributed by atoms with Crippen molar-refractivity contribution in [2.75, 3.05) is 0 Å². The smallest absolute Gasteiger partial charge is 0.560 e. The van der Waals surface area contributed by atoms with Gasteiger partial charge in [-0.3, -0.25) is 9.67 Å². The van der Waals surface area contributed by atoms with Gasteiger partial charge in [-0.1, -0.05) is 23.7 Å². The van der Waals surface area contributed by atoms with E-state index in [4.69, 9.17) is 16.7 Å². The van der Waals surface area contributed by atoms with E-state index in [-0.39, 0.29) is 0 Å². The van der Waals surface area contributed by atoms with Gasteiger partial charge in [0.1, 0.15) is 5.52 Å². The number of aromatic nitrogens is 3. The molecule has 8 heteroatoms. The predicted molar refractivity (Wildman–Crippen MR) is 97.3 cm³/mol. The van der Waals surface area contributed by atoms with Gasteiger partial charge in [0.2, 0.25) is 0 Å². The van der Waals surface area contributed by atoms with Gasteiger partial charge in [0.25, 0.3) is 0 Å². The molecule has 0 unspecified atom stereocenters. The summed E-state index contributed by atoms with van der Waals surface area (Å²) in [5, 5.41) is 11.9. The van der Waals surface area contributed by atoms with E-state index < -0.39 is 17.5 Å². The number of alkyl halides is 2. The van der Waals surface area contributed by atoms with Gasteiger partial charge in [-0.05, 0) is 48.9 Å². The maximum absolute atomic E-state index is 14.0. The van der Waals surface area contributed by atoms with Crippen molar-refractivity contribution in [1.29, 1.82) is 0 Å². The van der Waals surface area contributed by atoms with E-state index in [1.54, 1.807) is 17.7 Å². The standard InChI is InChI=1S/C19H16ClF2N3O2/c1-10-17-16(7-12(8-23-17)19(21,22)18(26)27)25(24-10)9-14-13(11-5-6-11)3-2-4-15(14)20/h2-4,7-8,11H,5-6,9H2,1H3,(H,26,27)/p+1. The number of pyridine rings is 1. The lowest BCUT2D eigenvalue weighted by Crippen LogP contribution is -2.25. The minimum atomic E-state index is -3.91. The lowest BCUT2D eigenvalue weighted by atomic mass is 10.0. The maximum Gasteiger partial charge on any atom is 0.591 e. The zero-order valence-electron chi connectivity index (χ0n) is 14.5. The van der Waals surface area contributed by atoms with Gasteiger partial charge in [0.15, 0.2) is 0 Å². The molecule has 2 heterocycles. The first-order chi connectivity index (χ1) is 12.8. The van der Waals surface area contributed by atoms with Gasteiger partial charge >= 0.3 is 11.9 Å². The molecule has 1 aliphatic carbocycles. The lowest BCUT2D eigenvalue weighted by molar-refractivity contribution is -0.166. The second-order valence-corrected chi connectivity index (χ2v) is 7.23. The Morgan fingerprint density at radius 1 is 1.41 bits per heavy atom. The quantitative estimate of drug-likeness (QED) is 0.622. The van der Waals surface area contributed by atoms with E-state index in [1.807, 2.05) is 12.1 Å². The highest BCUT2D eigenvalue weighted by atomic mass is 35.5. The van der Waals surface area contributed by atoms with Gasteiger partial charge in [-0.25, -0.2) is 0 Å². The molecule has 0 radical (unpaired) electrons. The summed E-state index contributed by atoms with van der Waals surface area (Å²) in [6.07, 6.45) is 3.14. The molecular formula is C19H17ClF2N3O2+. The van der Waals surface area contributed by atoms with Gasteiger partial charge in [0.05, 0.1) is 23.3 Å². The summed E-state index contributed by atoms with van der Waals surface area (Å²) in [4.78, 5) is 15.1. The van der Waals surface area contributed by atoms with Gasteiger partial charge < -0.3 is 5.11 Å². The Balaban J connectivity index is 1.82. The van der Waals surface area contributed by atoms with E-state index in [0.29, 0.717) is 34.2 Å². The monoisotopic (exact) mass is 392 g/mol. The highest BCUT2D eigenvalue weighted by molar-refractivity contribution is 6.31. The topological polar surface area (TPSA) is 70.7 Å². The highest BCUT2D eigenvalue weighted by Gasteiger charge is 2.49. The second kappa shape index (κ2) is 6.27. The van der Waals surface area contributed by atoms with Crippen molar-refractivity contribution in [3.05, 3.63) is 57.9 Å². The van der Waals surface area contributed by atoms with E-state index in [9.17, 15) is 13.6 Å². The number of carbonyl (C=O) groups is 1. The molecule has 0 spiro atoms. The molecule has 0 bridgehead atoms. The third-order valence-corrected chi connectivity index (χ3v) is 5.24. The van der Waals surface area contributed by atoms with Crippen LogP contribution in [0.2, 0.25) is 5.02 Å². The maximum atomic E-state index is 14.0. The first kappa shape index (κ1) is 17.9. The van der Waals surface area contributed by atoms with E-state index in [2.05, 4.69) is 10.1 Å². The fourth-order valence-electron chi connectivity index (χ4n) is 3.30. The fraction of sp³-hybridized carbons (Fsp3) is 0.316. The van der Waals surface area contributed by atoms with Gasteiger partial charge in [-0.15, -0.1) is 0 Å². The number of hydrogen-bond acceptors (Lipinski definition) is 3. The van der Waals surface area contributed by atoms with Crippen molar-refractivity contribution in [3.8, 4) is 0 Å². The molecule has 2 N–H and O–H groups in total. The summed E-state index contributed by atoms with van der Waals surface area (Å²) >= 11 is 6.41. The summed E-state index contributed by atoms with van der Waals surface area (Å²) < 4.78 is 29.6. The van der Waals surface area contributed by atoms with Crippen molar-refractivity contribution in [2.24, 2.45) is 0 Å². The van der Waals surface area contributed by atoms with E-state index >= 15 is 0 Å². The van der Waals surface area contributed by atoms with Crippen molar-refractivity contribution in [3.63, 3.8) is 0 Å². The van der Waals surface area contributed by atoms with Crippen molar-refractivity contribution in [2.45, 2.75) is 38.2 Å². The molecule has 2 aromatic heterocycles. The van der Waals surface area contributed by atoms with Crippen LogP contribution in [0.25, 0.3) is 11.0 Å². The molecule has 5 nitrogen and oxygen atoms in total. The number of rotatable bonds is 5. The van der Waals surface area contributed by atoms with E-state index in [0.717, 1.165) is 30.2 Å².